The van der Waals surface area contributed by atoms with Crippen LogP contribution >= 0.6 is 68.4 Å². The van der Waals surface area contributed by atoms with Crippen molar-refractivity contribution in [2.75, 3.05) is 19.0 Å². The van der Waals surface area contributed by atoms with Crippen molar-refractivity contribution in [1.29, 1.82) is 0 Å². The molecule has 0 atom stereocenters. The van der Waals surface area contributed by atoms with Crippen LogP contribution in [0.5, 0.6) is 5.75 Å². The van der Waals surface area contributed by atoms with Gasteiger partial charge in [0.05, 0.1) is 62.7 Å². The van der Waals surface area contributed by atoms with Crippen molar-refractivity contribution < 1.29 is 9.47 Å². The smallest absolute Gasteiger partial charge is 0.138 e. The standard InChI is InChI=1S/C100H114O2S6/c1-5-9-13-21-29-69-37-51-79(52-38-69)99(80-53-39-70(40-54-80)30-22-14-10-6-2)83-67-87(93-85(59-63-103-93)101-61-27-19-17-25-33-73-35-45-75-47-49-77(75)65-73)105-91(83)95-89(99)97-98(107-95)90-96(108-97)92-84(68-88(106-92)94-86(60-64-104-94)102-62-28-20-18-26-34-74-36-46-76-48-50-78(76)66-74)100(90,81-55-41-71(42-56-81)31-23-15-11-7-3)82-57-43-72(44-58-82)32-24-16-12-8-4/h35-46,51-59,63,65-68H,5-34,47-50,60-62,64H2,1-4H3. The summed E-state index contributed by atoms with van der Waals surface area (Å²) in [7, 11) is 0. The largest absolute Gasteiger partial charge is 0.497 e. The third-order valence-corrected chi connectivity index (χ3v) is 32.3. The molecule has 8 heteroatoms. The first-order valence-corrected chi connectivity index (χ1v) is 47.7. The van der Waals surface area contributed by atoms with E-state index in [9.17, 15) is 0 Å². The molecule has 1 aliphatic heterocycles. The number of ether oxygens (including phenoxy) is 2. The van der Waals surface area contributed by atoms with Crippen LogP contribution < -0.4 is 4.74 Å². The van der Waals surface area contributed by atoms with Gasteiger partial charge in [0.1, 0.15) is 11.5 Å². The molecule has 0 radical (unpaired) electrons. The highest BCUT2D eigenvalue weighted by molar-refractivity contribution is 8.08. The van der Waals surface area contributed by atoms with Gasteiger partial charge in [-0.3, -0.25) is 0 Å². The molecule has 108 heavy (non-hydrogen) atoms. The monoisotopic (exact) mass is 1540 g/mol. The Labute approximate surface area is 671 Å². The maximum absolute atomic E-state index is 7.03. The SMILES string of the molecule is CCCCCCc1ccc(C2(c3ccc(CCCCCC)cc3)c3cc(C4=C(OCCCCCCc5ccc6c(c5)CC6)CCS4)sc3-c3sc4c5c(sc4c32)-c2sc(-c3sccc3OCCCCCCc3ccc4c(c3)CC4)cc2C5(c2ccc(CCCCCC)cc2)c2ccc(CCCCCC)cc2)cc1. The molecule has 0 amide bonds. The fraction of sp³-hybridized carbons (Fsp3) is 0.440. The number of aryl methyl sites for hydroxylation is 10. The van der Waals surface area contributed by atoms with Gasteiger partial charge in [-0.05, 0) is 228 Å². The van der Waals surface area contributed by atoms with Gasteiger partial charge in [0.2, 0.25) is 0 Å². The molecular weight excluding hydrogens is 1430 g/mol. The van der Waals surface area contributed by atoms with E-state index in [1.54, 1.807) is 22.3 Å². The maximum Gasteiger partial charge on any atom is 0.138 e. The molecule has 0 N–H and O–H groups in total. The van der Waals surface area contributed by atoms with Crippen molar-refractivity contribution in [3.8, 4) is 35.0 Å². The lowest BCUT2D eigenvalue weighted by Gasteiger charge is -2.34. The summed E-state index contributed by atoms with van der Waals surface area (Å²) in [5, 5.41) is 2.28. The number of fused-ring (bicyclic) bond motifs is 11. The van der Waals surface area contributed by atoms with Crippen LogP contribution in [-0.2, 0) is 79.8 Å². The Bertz CT molecular complexity index is 4730. The second kappa shape index (κ2) is 35.6. The first-order chi connectivity index (χ1) is 53.4. The van der Waals surface area contributed by atoms with Crippen LogP contribution in [0.2, 0.25) is 0 Å². The summed E-state index contributed by atoms with van der Waals surface area (Å²) in [5.41, 5.74) is 25.4. The molecule has 562 valence electrons. The Morgan fingerprint density at radius 2 is 0.685 bits per heavy atom. The summed E-state index contributed by atoms with van der Waals surface area (Å²) in [6.07, 6.45) is 42.6. The van der Waals surface area contributed by atoms with E-state index >= 15 is 0 Å². The normalized spacial score (nSPS) is 14.8. The number of hydrogen-bond acceptors (Lipinski definition) is 8. The van der Waals surface area contributed by atoms with E-state index in [1.165, 1.54) is 312 Å². The lowest BCUT2D eigenvalue weighted by molar-refractivity contribution is 0.202. The predicted octanol–water partition coefficient (Wildman–Crippen LogP) is 30.0. The lowest BCUT2D eigenvalue weighted by atomic mass is 9.67. The molecule has 16 rings (SSSR count). The molecule has 4 aliphatic carbocycles. The van der Waals surface area contributed by atoms with Gasteiger partial charge in [0, 0.05) is 33.1 Å². The quantitative estimate of drug-likeness (QED) is 0.0355. The number of thioether (sulfide) groups is 1. The van der Waals surface area contributed by atoms with E-state index < -0.39 is 10.8 Å². The van der Waals surface area contributed by atoms with E-state index in [2.05, 4.69) is 219 Å². The Balaban J connectivity index is 0.821. The van der Waals surface area contributed by atoms with Gasteiger partial charge in [-0.2, -0.15) is 0 Å². The van der Waals surface area contributed by atoms with Crippen molar-refractivity contribution in [3.05, 3.63) is 268 Å². The van der Waals surface area contributed by atoms with Gasteiger partial charge in [-0.25, -0.2) is 0 Å². The highest BCUT2D eigenvalue weighted by Gasteiger charge is 2.55. The van der Waals surface area contributed by atoms with Crippen LogP contribution in [0.3, 0.4) is 0 Å². The number of benzene rings is 6. The summed E-state index contributed by atoms with van der Waals surface area (Å²) in [4.78, 5) is 11.1. The second-order valence-corrected chi connectivity index (χ2v) is 38.4. The molecule has 0 saturated carbocycles. The average Bonchev–Trinajstić information content (AvgIpc) is 1.48. The lowest BCUT2D eigenvalue weighted by Crippen LogP contribution is -2.29. The first-order valence-electron chi connectivity index (χ1n) is 42.6. The average molecular weight is 1540 g/mol. The molecule has 0 bridgehead atoms. The number of rotatable bonds is 42. The van der Waals surface area contributed by atoms with Crippen LogP contribution in [0, 0.1) is 0 Å². The van der Waals surface area contributed by atoms with E-state index in [0.29, 0.717) is 0 Å². The summed E-state index contributed by atoms with van der Waals surface area (Å²) in [6, 6.07) is 62.8. The van der Waals surface area contributed by atoms with Gasteiger partial charge in [0.15, 0.2) is 0 Å². The molecule has 5 aromatic heterocycles. The number of allylic oxidation sites excluding steroid dienone is 1. The molecule has 0 unspecified atom stereocenters. The Kier molecular flexibility index (Phi) is 25.0. The summed E-state index contributed by atoms with van der Waals surface area (Å²) in [6.45, 7) is 10.9. The molecule has 0 saturated heterocycles. The van der Waals surface area contributed by atoms with Gasteiger partial charge >= 0.3 is 0 Å². The molecular formula is C100H114O2S6. The number of unbranched alkanes of at least 4 members (excludes halogenated alkanes) is 18. The third-order valence-electron chi connectivity index (χ3n) is 24.8. The van der Waals surface area contributed by atoms with Crippen LogP contribution in [0.25, 0.3) is 43.6 Å². The van der Waals surface area contributed by atoms with Crippen molar-refractivity contribution in [2.45, 2.75) is 263 Å². The molecule has 6 heterocycles. The Hall–Kier alpha value is -6.23. The predicted molar refractivity (Wildman–Crippen MR) is 472 cm³/mol. The van der Waals surface area contributed by atoms with Crippen LogP contribution in [0.4, 0.5) is 0 Å². The van der Waals surface area contributed by atoms with E-state index in [0.717, 1.165) is 69.7 Å². The zero-order chi connectivity index (χ0) is 73.2. The molecule has 0 spiro atoms. The first kappa shape index (κ1) is 75.8. The van der Waals surface area contributed by atoms with Crippen molar-refractivity contribution in [3.63, 3.8) is 0 Å². The van der Waals surface area contributed by atoms with Gasteiger partial charge < -0.3 is 9.47 Å². The van der Waals surface area contributed by atoms with Crippen molar-refractivity contribution in [2.24, 2.45) is 0 Å². The Morgan fingerprint density at radius 1 is 0.315 bits per heavy atom. The molecule has 5 aliphatic rings. The van der Waals surface area contributed by atoms with Crippen LogP contribution in [0.15, 0.2) is 163 Å². The maximum atomic E-state index is 7.03. The van der Waals surface area contributed by atoms with E-state index in [-0.39, 0.29) is 0 Å². The highest BCUT2D eigenvalue weighted by atomic mass is 32.2. The molecule has 0 fully saturated rings. The summed E-state index contributed by atoms with van der Waals surface area (Å²) >= 11 is 12.3. The second-order valence-electron chi connectivity index (χ2n) is 32.2. The van der Waals surface area contributed by atoms with E-state index in [4.69, 9.17) is 9.47 Å². The van der Waals surface area contributed by atoms with Gasteiger partial charge in [0.25, 0.3) is 0 Å². The minimum atomic E-state index is -0.582. The molecule has 2 nitrogen and oxygen atoms in total. The number of thiophene rings is 5. The topological polar surface area (TPSA) is 18.5 Å². The minimum Gasteiger partial charge on any atom is -0.497 e. The zero-order valence-corrected chi connectivity index (χ0v) is 70.0. The fourth-order valence-electron chi connectivity index (χ4n) is 18.5. The molecule has 11 aromatic rings. The third kappa shape index (κ3) is 15.6. The van der Waals surface area contributed by atoms with Gasteiger partial charge in [-0.1, -0.05) is 264 Å². The number of hydrogen-bond donors (Lipinski definition) is 0. The highest BCUT2D eigenvalue weighted by Crippen LogP contribution is 2.71. The van der Waals surface area contributed by atoms with Crippen molar-refractivity contribution in [1.82, 2.24) is 0 Å². The van der Waals surface area contributed by atoms with Crippen LogP contribution in [0.1, 0.15) is 293 Å². The summed E-state index contributed by atoms with van der Waals surface area (Å²) < 4.78 is 16.9. The van der Waals surface area contributed by atoms with Gasteiger partial charge in [-0.15, -0.1) is 68.4 Å². The van der Waals surface area contributed by atoms with Crippen LogP contribution in [-0.4, -0.2) is 19.0 Å². The van der Waals surface area contributed by atoms with E-state index in [1.807, 2.05) is 34.4 Å². The summed E-state index contributed by atoms with van der Waals surface area (Å²) in [5.74, 6) is 3.31. The zero-order valence-electron chi connectivity index (χ0n) is 65.1. The molecule has 6 aromatic carbocycles. The van der Waals surface area contributed by atoms with Crippen molar-refractivity contribution >= 4 is 82.8 Å². The minimum absolute atomic E-state index is 0.570. The fourth-order valence-corrected chi connectivity index (χ4v) is 26.5. The Morgan fingerprint density at radius 3 is 1.09 bits per heavy atom.